The van der Waals surface area contributed by atoms with Gasteiger partial charge in [-0.3, -0.25) is 0 Å². The van der Waals surface area contributed by atoms with Crippen LogP contribution in [0.5, 0.6) is 0 Å². The molecule has 1 nitrogen and oxygen atoms in total. The number of aryl methyl sites for hydroxylation is 2. The number of rotatable bonds is 5. The Kier molecular flexibility index (Phi) is 5.69. The second-order valence-corrected chi connectivity index (χ2v) is 6.22. The van der Waals surface area contributed by atoms with E-state index < -0.39 is 0 Å². The molecule has 0 saturated carbocycles. The number of hydrogen-bond acceptors (Lipinski definition) is 1. The number of nitrogens with one attached hydrogen (secondary N) is 1. The van der Waals surface area contributed by atoms with Gasteiger partial charge in [-0.25, -0.2) is 0 Å². The van der Waals surface area contributed by atoms with Gasteiger partial charge >= 0.3 is 0 Å². The lowest BCUT2D eigenvalue weighted by Crippen LogP contribution is -2.23. The fourth-order valence-electron chi connectivity index (χ4n) is 2.35. The monoisotopic (exact) mass is 321 g/mol. The van der Waals surface area contributed by atoms with Gasteiger partial charge in [0.2, 0.25) is 0 Å². The lowest BCUT2D eigenvalue weighted by Gasteiger charge is -2.21. The maximum absolute atomic E-state index is 6.29. The molecule has 0 aromatic heterocycles. The van der Waals surface area contributed by atoms with Crippen LogP contribution in [0.25, 0.3) is 0 Å². The normalized spacial score (nSPS) is 12.4. The molecule has 1 N–H and O–H groups in total. The molecule has 0 fully saturated rings. The summed E-state index contributed by atoms with van der Waals surface area (Å²) in [5.41, 5.74) is 4.59. The third-order valence-electron chi connectivity index (χ3n) is 3.64. The van der Waals surface area contributed by atoms with E-state index in [2.05, 4.69) is 36.5 Å². The van der Waals surface area contributed by atoms with Crippen LogP contribution in [-0.2, 0) is 0 Å². The highest BCUT2D eigenvalue weighted by Gasteiger charge is 2.15. The molecule has 2 aromatic rings. The maximum atomic E-state index is 6.29. The molecular formula is C18H21Cl2N. The van der Waals surface area contributed by atoms with Gasteiger partial charge in [0.15, 0.2) is 0 Å². The van der Waals surface area contributed by atoms with Crippen molar-refractivity contribution >= 4 is 23.2 Å². The van der Waals surface area contributed by atoms with Gasteiger partial charge in [0.05, 0.1) is 6.04 Å². The third kappa shape index (κ3) is 4.00. The standard InChI is InChI=1S/C18H21Cl2N/c1-4-9-21-18(14-7-8-16(19)13(3)10-14)15-6-5-12(2)17(20)11-15/h5-8,10-11,18,21H,4,9H2,1-3H3. The van der Waals surface area contributed by atoms with Crippen molar-refractivity contribution in [2.45, 2.75) is 33.2 Å². The molecule has 0 radical (unpaired) electrons. The van der Waals surface area contributed by atoms with E-state index in [1.807, 2.05) is 26.0 Å². The summed E-state index contributed by atoms with van der Waals surface area (Å²) in [6.07, 6.45) is 1.09. The Labute approximate surface area is 137 Å². The van der Waals surface area contributed by atoms with Crippen LogP contribution in [0.1, 0.15) is 41.6 Å². The number of benzene rings is 2. The molecule has 2 rings (SSSR count). The summed E-state index contributed by atoms with van der Waals surface area (Å²) in [5, 5.41) is 5.20. The maximum Gasteiger partial charge on any atom is 0.0577 e. The highest BCUT2D eigenvalue weighted by atomic mass is 35.5. The first kappa shape index (κ1) is 16.4. The van der Waals surface area contributed by atoms with E-state index in [9.17, 15) is 0 Å². The minimum Gasteiger partial charge on any atom is -0.306 e. The van der Waals surface area contributed by atoms with Crippen LogP contribution in [0.4, 0.5) is 0 Å². The Morgan fingerprint density at radius 1 is 0.905 bits per heavy atom. The van der Waals surface area contributed by atoms with E-state index in [1.165, 1.54) is 11.1 Å². The van der Waals surface area contributed by atoms with Gasteiger partial charge in [-0.1, -0.05) is 54.4 Å². The van der Waals surface area contributed by atoms with Crippen molar-refractivity contribution in [1.29, 1.82) is 0 Å². The van der Waals surface area contributed by atoms with Crippen LogP contribution in [0.2, 0.25) is 10.0 Å². The summed E-state index contributed by atoms with van der Waals surface area (Å²) in [5.74, 6) is 0. The molecule has 1 unspecified atom stereocenters. The smallest absolute Gasteiger partial charge is 0.0577 e. The van der Waals surface area contributed by atoms with Crippen LogP contribution in [0.3, 0.4) is 0 Å². The molecule has 1 atom stereocenters. The predicted molar refractivity (Wildman–Crippen MR) is 92.5 cm³/mol. The first-order chi connectivity index (χ1) is 10.0. The van der Waals surface area contributed by atoms with E-state index >= 15 is 0 Å². The Hall–Kier alpha value is -1.02. The van der Waals surface area contributed by atoms with Gasteiger partial charge in [0.25, 0.3) is 0 Å². The van der Waals surface area contributed by atoms with Crippen molar-refractivity contribution in [2.24, 2.45) is 0 Å². The van der Waals surface area contributed by atoms with Crippen molar-refractivity contribution in [3.63, 3.8) is 0 Å². The van der Waals surface area contributed by atoms with E-state index in [0.29, 0.717) is 0 Å². The van der Waals surface area contributed by atoms with Gasteiger partial charge in [-0.05, 0) is 61.2 Å². The molecule has 112 valence electrons. The van der Waals surface area contributed by atoms with Gasteiger partial charge in [-0.15, -0.1) is 0 Å². The zero-order valence-corrected chi connectivity index (χ0v) is 14.2. The first-order valence-corrected chi connectivity index (χ1v) is 8.04. The zero-order chi connectivity index (χ0) is 15.4. The molecule has 0 heterocycles. The van der Waals surface area contributed by atoms with Gasteiger partial charge < -0.3 is 5.32 Å². The van der Waals surface area contributed by atoms with E-state index in [4.69, 9.17) is 23.2 Å². The van der Waals surface area contributed by atoms with Gasteiger partial charge in [0, 0.05) is 10.0 Å². The summed E-state index contributed by atoms with van der Waals surface area (Å²) in [7, 11) is 0. The Morgan fingerprint density at radius 2 is 1.57 bits per heavy atom. The minimum absolute atomic E-state index is 0.138. The van der Waals surface area contributed by atoms with Crippen molar-refractivity contribution in [2.75, 3.05) is 6.54 Å². The third-order valence-corrected chi connectivity index (χ3v) is 4.47. The van der Waals surface area contributed by atoms with Crippen LogP contribution < -0.4 is 5.32 Å². The molecule has 3 heteroatoms. The molecule has 0 aliphatic carbocycles. The van der Waals surface area contributed by atoms with Crippen LogP contribution in [-0.4, -0.2) is 6.54 Å². The van der Waals surface area contributed by atoms with E-state index in [-0.39, 0.29) is 6.04 Å². The average molecular weight is 322 g/mol. The van der Waals surface area contributed by atoms with Crippen molar-refractivity contribution in [3.8, 4) is 0 Å². The Bertz CT molecular complexity index is 571. The van der Waals surface area contributed by atoms with E-state index in [1.54, 1.807) is 0 Å². The largest absolute Gasteiger partial charge is 0.306 e. The minimum atomic E-state index is 0.138. The predicted octanol–water partition coefficient (Wildman–Crippen LogP) is 5.70. The topological polar surface area (TPSA) is 12.0 Å². The average Bonchev–Trinajstić information content (AvgIpc) is 2.46. The molecule has 0 aliphatic heterocycles. The van der Waals surface area contributed by atoms with Crippen LogP contribution in [0.15, 0.2) is 36.4 Å². The molecule has 0 saturated heterocycles. The van der Waals surface area contributed by atoms with Crippen molar-refractivity contribution in [3.05, 3.63) is 68.7 Å². The lowest BCUT2D eigenvalue weighted by atomic mass is 9.96. The summed E-state index contributed by atoms with van der Waals surface area (Å²) >= 11 is 12.4. The Morgan fingerprint density at radius 3 is 2.19 bits per heavy atom. The zero-order valence-electron chi connectivity index (χ0n) is 12.7. The van der Waals surface area contributed by atoms with Crippen LogP contribution >= 0.6 is 23.2 Å². The highest BCUT2D eigenvalue weighted by Crippen LogP contribution is 2.28. The second-order valence-electron chi connectivity index (χ2n) is 5.40. The summed E-state index contributed by atoms with van der Waals surface area (Å²) in [4.78, 5) is 0. The Balaban J connectivity index is 2.41. The molecule has 0 bridgehead atoms. The van der Waals surface area contributed by atoms with Crippen LogP contribution in [0, 0.1) is 13.8 Å². The second kappa shape index (κ2) is 7.31. The number of hydrogen-bond donors (Lipinski definition) is 1. The molecule has 0 amide bonds. The SMILES string of the molecule is CCCNC(c1ccc(Cl)c(C)c1)c1ccc(C)c(Cl)c1. The molecule has 0 spiro atoms. The quantitative estimate of drug-likeness (QED) is 0.744. The number of halogens is 2. The fraction of sp³-hybridized carbons (Fsp3) is 0.333. The summed E-state index contributed by atoms with van der Waals surface area (Å²) in [6.45, 7) is 7.18. The molecule has 21 heavy (non-hydrogen) atoms. The molecular weight excluding hydrogens is 301 g/mol. The highest BCUT2D eigenvalue weighted by molar-refractivity contribution is 6.31. The van der Waals surface area contributed by atoms with Gasteiger partial charge in [0.1, 0.15) is 0 Å². The first-order valence-electron chi connectivity index (χ1n) is 7.28. The van der Waals surface area contributed by atoms with E-state index in [0.717, 1.165) is 34.1 Å². The summed E-state index contributed by atoms with van der Waals surface area (Å²) in [6, 6.07) is 12.6. The molecule has 2 aromatic carbocycles. The van der Waals surface area contributed by atoms with Crippen molar-refractivity contribution in [1.82, 2.24) is 5.32 Å². The van der Waals surface area contributed by atoms with Gasteiger partial charge in [-0.2, -0.15) is 0 Å². The van der Waals surface area contributed by atoms with Crippen molar-refractivity contribution < 1.29 is 0 Å². The summed E-state index contributed by atoms with van der Waals surface area (Å²) < 4.78 is 0. The lowest BCUT2D eigenvalue weighted by molar-refractivity contribution is 0.598. The molecule has 0 aliphatic rings. The fourth-order valence-corrected chi connectivity index (χ4v) is 2.66.